The van der Waals surface area contributed by atoms with Crippen molar-refractivity contribution in [2.75, 3.05) is 0 Å². The van der Waals surface area contributed by atoms with E-state index in [0.717, 1.165) is 37.0 Å². The summed E-state index contributed by atoms with van der Waals surface area (Å²) in [4.78, 5) is 0. The van der Waals surface area contributed by atoms with Gasteiger partial charge in [0, 0.05) is 10.9 Å². The van der Waals surface area contributed by atoms with Crippen molar-refractivity contribution in [1.29, 1.82) is 0 Å². The molecular weight excluding hydrogens is 467 g/mol. The van der Waals surface area contributed by atoms with Gasteiger partial charge in [-0.05, 0) is 65.5 Å². The van der Waals surface area contributed by atoms with Crippen LogP contribution in [0.15, 0.2) is 72.8 Å². The molecule has 4 rings (SSSR count). The zero-order valence-corrected chi connectivity index (χ0v) is 20.3. The second-order valence-corrected chi connectivity index (χ2v) is 9.30. The molecule has 0 aliphatic heterocycles. The van der Waals surface area contributed by atoms with Gasteiger partial charge in [0.2, 0.25) is 0 Å². The summed E-state index contributed by atoms with van der Waals surface area (Å²) >= 11 is 0. The molecular formula is C31H29F5. The summed E-state index contributed by atoms with van der Waals surface area (Å²) in [6, 6.07) is 19.9. The number of alkyl halides is 3. The van der Waals surface area contributed by atoms with Crippen LogP contribution in [0.4, 0.5) is 22.0 Å². The Morgan fingerprint density at radius 2 is 1.31 bits per heavy atom. The molecule has 0 saturated carbocycles. The molecule has 0 aliphatic rings. The van der Waals surface area contributed by atoms with Crippen LogP contribution in [-0.4, -0.2) is 0 Å². The third-order valence-electron chi connectivity index (χ3n) is 6.65. The van der Waals surface area contributed by atoms with E-state index in [9.17, 15) is 17.6 Å². The highest BCUT2D eigenvalue weighted by atomic mass is 19.4. The van der Waals surface area contributed by atoms with Gasteiger partial charge < -0.3 is 0 Å². The highest BCUT2D eigenvalue weighted by molar-refractivity contribution is 5.88. The van der Waals surface area contributed by atoms with Crippen LogP contribution in [0, 0.1) is 11.6 Å². The van der Waals surface area contributed by atoms with Gasteiger partial charge in [0.05, 0.1) is 5.56 Å². The number of benzene rings is 4. The molecule has 0 nitrogen and oxygen atoms in total. The molecule has 4 aromatic rings. The van der Waals surface area contributed by atoms with Crippen LogP contribution in [-0.2, 0) is 25.4 Å². The molecule has 0 atom stereocenters. The van der Waals surface area contributed by atoms with Crippen molar-refractivity contribution < 1.29 is 22.0 Å². The molecule has 0 spiro atoms. The summed E-state index contributed by atoms with van der Waals surface area (Å²) in [5.74, 6) is -1.99. The van der Waals surface area contributed by atoms with Crippen LogP contribution in [0.3, 0.4) is 0 Å². The van der Waals surface area contributed by atoms with Crippen LogP contribution < -0.4 is 0 Å². The fourth-order valence-corrected chi connectivity index (χ4v) is 4.55. The first-order chi connectivity index (χ1) is 17.3. The molecule has 0 heterocycles. The van der Waals surface area contributed by atoms with Crippen molar-refractivity contribution in [2.24, 2.45) is 0 Å². The Morgan fingerprint density at radius 1 is 0.639 bits per heavy atom. The normalized spacial score (nSPS) is 11.8. The van der Waals surface area contributed by atoms with Crippen LogP contribution >= 0.6 is 0 Å². The summed E-state index contributed by atoms with van der Waals surface area (Å²) < 4.78 is 67.8. The molecule has 0 aromatic heterocycles. The Labute approximate surface area is 208 Å². The van der Waals surface area contributed by atoms with E-state index in [1.54, 1.807) is 12.1 Å². The lowest BCUT2D eigenvalue weighted by Crippen LogP contribution is -2.07. The van der Waals surface area contributed by atoms with Gasteiger partial charge in [-0.25, -0.2) is 8.78 Å². The van der Waals surface area contributed by atoms with E-state index in [-0.39, 0.29) is 11.1 Å². The maximum absolute atomic E-state index is 15.2. The fraction of sp³-hybridized carbons (Fsp3) is 0.290. The second-order valence-electron chi connectivity index (χ2n) is 9.30. The van der Waals surface area contributed by atoms with E-state index in [4.69, 9.17) is 0 Å². The van der Waals surface area contributed by atoms with Gasteiger partial charge >= 0.3 is 6.18 Å². The predicted molar refractivity (Wildman–Crippen MR) is 136 cm³/mol. The van der Waals surface area contributed by atoms with Crippen molar-refractivity contribution in [2.45, 2.75) is 58.0 Å². The van der Waals surface area contributed by atoms with E-state index >= 15 is 4.39 Å². The maximum atomic E-state index is 15.2. The van der Waals surface area contributed by atoms with Crippen LogP contribution in [0.2, 0.25) is 0 Å². The van der Waals surface area contributed by atoms with Gasteiger partial charge in [-0.3, -0.25) is 0 Å². The smallest absolute Gasteiger partial charge is 0.206 e. The Morgan fingerprint density at radius 3 is 1.97 bits per heavy atom. The number of fused-ring (bicyclic) bond motifs is 1. The van der Waals surface area contributed by atoms with Gasteiger partial charge in [-0.15, -0.1) is 0 Å². The van der Waals surface area contributed by atoms with Crippen molar-refractivity contribution >= 4 is 10.8 Å². The highest BCUT2D eigenvalue weighted by Gasteiger charge is 2.34. The summed E-state index contributed by atoms with van der Waals surface area (Å²) in [6.45, 7) is 2.21. The van der Waals surface area contributed by atoms with Gasteiger partial charge in [0.1, 0.15) is 11.6 Å². The molecule has 0 radical (unpaired) electrons. The molecule has 0 fully saturated rings. The molecule has 0 N–H and O–H groups in total. The van der Waals surface area contributed by atoms with E-state index in [2.05, 4.69) is 31.2 Å². The third kappa shape index (κ3) is 6.13. The minimum absolute atomic E-state index is 0.0673. The first-order valence-electron chi connectivity index (χ1n) is 12.4. The topological polar surface area (TPSA) is 0 Å². The fourth-order valence-electron chi connectivity index (χ4n) is 4.55. The molecule has 188 valence electrons. The zero-order valence-electron chi connectivity index (χ0n) is 20.3. The summed E-state index contributed by atoms with van der Waals surface area (Å²) in [7, 11) is 0. The minimum Gasteiger partial charge on any atom is -0.206 e. The first-order valence-corrected chi connectivity index (χ1v) is 12.4. The lowest BCUT2D eigenvalue weighted by Gasteiger charge is -2.12. The standard InChI is InChI=1S/C31H29F5/c1-2-3-4-5-6-21-7-9-22(10-8-21)11-12-23-13-16-26-24(19-23)14-17-27(30(26)33)25-15-18-28(29(32)20-25)31(34,35)36/h7-10,13-20H,2-6,11-12H2,1H3. The Kier molecular flexibility index (Phi) is 8.07. The molecule has 5 heteroatoms. The monoisotopic (exact) mass is 496 g/mol. The number of hydrogen-bond acceptors (Lipinski definition) is 0. The molecule has 0 saturated heterocycles. The largest absolute Gasteiger partial charge is 0.419 e. The molecule has 0 unspecified atom stereocenters. The number of rotatable bonds is 9. The Balaban J connectivity index is 1.45. The number of aryl methyl sites for hydroxylation is 3. The van der Waals surface area contributed by atoms with Crippen molar-refractivity contribution in [3.8, 4) is 11.1 Å². The average molecular weight is 497 g/mol. The summed E-state index contributed by atoms with van der Waals surface area (Å²) in [5.41, 5.74) is 2.45. The number of unbranched alkanes of at least 4 members (excludes halogenated alkanes) is 3. The third-order valence-corrected chi connectivity index (χ3v) is 6.65. The van der Waals surface area contributed by atoms with E-state index in [0.29, 0.717) is 16.8 Å². The van der Waals surface area contributed by atoms with Crippen LogP contribution in [0.25, 0.3) is 21.9 Å². The van der Waals surface area contributed by atoms with Crippen molar-refractivity contribution in [3.05, 3.63) is 107 Å². The van der Waals surface area contributed by atoms with E-state index in [1.165, 1.54) is 42.9 Å². The number of halogens is 5. The van der Waals surface area contributed by atoms with Crippen molar-refractivity contribution in [3.63, 3.8) is 0 Å². The molecule has 0 bridgehead atoms. The molecule has 0 aliphatic carbocycles. The minimum atomic E-state index is -4.79. The Hall–Kier alpha value is -3.21. The Bertz CT molecular complexity index is 1320. The first kappa shape index (κ1) is 25.9. The van der Waals surface area contributed by atoms with Crippen LogP contribution in [0.5, 0.6) is 0 Å². The SMILES string of the molecule is CCCCCCc1ccc(CCc2ccc3c(F)c(-c4ccc(C(F)(F)F)c(F)c4)ccc3c2)cc1. The summed E-state index contributed by atoms with van der Waals surface area (Å²) in [6.07, 6.45) is 2.99. The van der Waals surface area contributed by atoms with Crippen LogP contribution in [0.1, 0.15) is 54.9 Å². The predicted octanol–water partition coefficient (Wildman–Crippen LogP) is 9.71. The number of hydrogen-bond donors (Lipinski definition) is 0. The van der Waals surface area contributed by atoms with E-state index < -0.39 is 23.4 Å². The van der Waals surface area contributed by atoms with Crippen molar-refractivity contribution in [1.82, 2.24) is 0 Å². The van der Waals surface area contributed by atoms with E-state index in [1.807, 2.05) is 12.1 Å². The average Bonchev–Trinajstić information content (AvgIpc) is 2.85. The quantitative estimate of drug-likeness (QED) is 0.160. The summed E-state index contributed by atoms with van der Waals surface area (Å²) in [5, 5.41) is 1.05. The second kappa shape index (κ2) is 11.2. The lowest BCUT2D eigenvalue weighted by molar-refractivity contribution is -0.139. The molecule has 4 aromatic carbocycles. The van der Waals surface area contributed by atoms with Gasteiger partial charge in [0.15, 0.2) is 0 Å². The van der Waals surface area contributed by atoms with Gasteiger partial charge in [0.25, 0.3) is 0 Å². The molecule has 0 amide bonds. The zero-order chi connectivity index (χ0) is 25.7. The lowest BCUT2D eigenvalue weighted by atomic mass is 9.96. The molecule has 36 heavy (non-hydrogen) atoms. The highest BCUT2D eigenvalue weighted by Crippen LogP contribution is 2.35. The maximum Gasteiger partial charge on any atom is 0.419 e. The van der Waals surface area contributed by atoms with Gasteiger partial charge in [-0.2, -0.15) is 13.2 Å². The van der Waals surface area contributed by atoms with Gasteiger partial charge in [-0.1, -0.05) is 86.8 Å².